The van der Waals surface area contributed by atoms with Gasteiger partial charge in [-0.3, -0.25) is 0 Å². The van der Waals surface area contributed by atoms with Crippen LogP contribution in [0.2, 0.25) is 0 Å². The molecule has 4 fully saturated rings. The lowest BCUT2D eigenvalue weighted by molar-refractivity contribution is -0.0721. The van der Waals surface area contributed by atoms with Gasteiger partial charge in [-0.15, -0.1) is 0 Å². The fourth-order valence-corrected chi connectivity index (χ4v) is 6.09. The maximum Gasteiger partial charge on any atom is 0.00979 e. The molecule has 2 unspecified atom stereocenters. The van der Waals surface area contributed by atoms with Gasteiger partial charge in [-0.05, 0) is 87.9 Å². The Bertz CT molecular complexity index is 284. The summed E-state index contributed by atoms with van der Waals surface area (Å²) in [5.41, 5.74) is 0.667. The van der Waals surface area contributed by atoms with Crippen molar-refractivity contribution in [2.24, 2.45) is 29.1 Å². The van der Waals surface area contributed by atoms with Crippen LogP contribution in [0.4, 0.5) is 0 Å². The van der Waals surface area contributed by atoms with Crippen LogP contribution in [-0.2, 0) is 0 Å². The van der Waals surface area contributed by atoms with E-state index in [-0.39, 0.29) is 0 Å². The van der Waals surface area contributed by atoms with Gasteiger partial charge in [-0.2, -0.15) is 0 Å². The number of hydrogen-bond acceptors (Lipinski definition) is 1. The average Bonchev–Trinajstić information content (AvgIpc) is 2.25. The second-order valence-electron chi connectivity index (χ2n) is 8.70. The van der Waals surface area contributed by atoms with E-state index in [1.807, 2.05) is 0 Å². The summed E-state index contributed by atoms with van der Waals surface area (Å²) in [7, 11) is 0. The van der Waals surface area contributed by atoms with E-state index in [4.69, 9.17) is 0 Å². The average molecular weight is 263 g/mol. The molecule has 4 saturated carbocycles. The van der Waals surface area contributed by atoms with Crippen LogP contribution in [-0.4, -0.2) is 12.1 Å². The van der Waals surface area contributed by atoms with E-state index in [2.05, 4.69) is 33.0 Å². The van der Waals surface area contributed by atoms with Crippen molar-refractivity contribution in [2.45, 2.75) is 84.7 Å². The molecule has 0 spiro atoms. The first-order valence-corrected chi connectivity index (χ1v) is 8.73. The highest BCUT2D eigenvalue weighted by Crippen LogP contribution is 2.61. The summed E-state index contributed by atoms with van der Waals surface area (Å²) in [4.78, 5) is 0. The third-order valence-electron chi connectivity index (χ3n) is 6.36. The lowest BCUT2D eigenvalue weighted by Crippen LogP contribution is -2.56. The minimum absolute atomic E-state index is 0.667. The first-order chi connectivity index (χ1) is 8.97. The molecular formula is C18H33N. The molecule has 4 aliphatic carbocycles. The van der Waals surface area contributed by atoms with Gasteiger partial charge in [0.15, 0.2) is 0 Å². The molecule has 1 heteroatoms. The molecular weight excluding hydrogens is 230 g/mol. The summed E-state index contributed by atoms with van der Waals surface area (Å²) in [6.45, 7) is 9.56. The summed E-state index contributed by atoms with van der Waals surface area (Å²) >= 11 is 0. The first-order valence-electron chi connectivity index (χ1n) is 8.73. The van der Waals surface area contributed by atoms with Crippen LogP contribution in [0.1, 0.15) is 72.6 Å². The fourth-order valence-electron chi connectivity index (χ4n) is 6.09. The number of hydrogen-bond donors (Lipinski definition) is 1. The van der Waals surface area contributed by atoms with Crippen molar-refractivity contribution in [1.82, 2.24) is 5.32 Å². The Balaban J connectivity index is 1.64. The van der Waals surface area contributed by atoms with Crippen molar-refractivity contribution in [1.29, 1.82) is 0 Å². The van der Waals surface area contributed by atoms with E-state index in [1.165, 1.54) is 25.7 Å². The second-order valence-corrected chi connectivity index (χ2v) is 8.70. The Morgan fingerprint density at radius 2 is 1.37 bits per heavy atom. The molecule has 0 aromatic carbocycles. The number of rotatable bonds is 5. The van der Waals surface area contributed by atoms with Crippen LogP contribution >= 0.6 is 0 Å². The Morgan fingerprint density at radius 1 is 0.895 bits per heavy atom. The van der Waals surface area contributed by atoms with Crippen molar-refractivity contribution >= 4 is 0 Å². The standard InChI is InChI=1S/C18H33N/c1-12(2)5-13(3)19-14(4)18-9-15-6-16(10-18)8-17(7-15)11-18/h12-17,19H,5-11H2,1-4H3. The highest BCUT2D eigenvalue weighted by atomic mass is 15.0. The minimum atomic E-state index is 0.667. The highest BCUT2D eigenvalue weighted by molar-refractivity contribution is 5.05. The SMILES string of the molecule is CC(C)CC(C)NC(C)C12CC3CC(CC(C3)C1)C2. The second kappa shape index (κ2) is 5.06. The molecule has 19 heavy (non-hydrogen) atoms. The topological polar surface area (TPSA) is 12.0 Å². The molecule has 4 aliphatic rings. The van der Waals surface area contributed by atoms with Crippen molar-refractivity contribution in [3.8, 4) is 0 Å². The Labute approximate surface area is 119 Å². The van der Waals surface area contributed by atoms with Crippen molar-refractivity contribution < 1.29 is 0 Å². The first kappa shape index (κ1) is 13.9. The predicted octanol–water partition coefficient (Wildman–Crippen LogP) is 4.62. The lowest BCUT2D eigenvalue weighted by atomic mass is 9.48. The molecule has 2 atom stereocenters. The number of nitrogens with one attached hydrogen (secondary N) is 1. The van der Waals surface area contributed by atoms with Gasteiger partial charge in [0, 0.05) is 12.1 Å². The summed E-state index contributed by atoms with van der Waals surface area (Å²) in [5.74, 6) is 4.05. The van der Waals surface area contributed by atoms with Gasteiger partial charge in [0.25, 0.3) is 0 Å². The quantitative estimate of drug-likeness (QED) is 0.763. The third kappa shape index (κ3) is 2.73. The van der Waals surface area contributed by atoms with Gasteiger partial charge in [0.2, 0.25) is 0 Å². The Morgan fingerprint density at radius 3 is 1.79 bits per heavy atom. The molecule has 0 aliphatic heterocycles. The highest BCUT2D eigenvalue weighted by Gasteiger charge is 2.53. The summed E-state index contributed by atoms with van der Waals surface area (Å²) in [5, 5.41) is 3.97. The Kier molecular flexibility index (Phi) is 3.71. The van der Waals surface area contributed by atoms with E-state index < -0.39 is 0 Å². The molecule has 0 aromatic rings. The predicted molar refractivity (Wildman–Crippen MR) is 82.1 cm³/mol. The van der Waals surface area contributed by atoms with Gasteiger partial charge < -0.3 is 5.32 Å². The molecule has 0 aromatic heterocycles. The van der Waals surface area contributed by atoms with Crippen LogP contribution < -0.4 is 5.32 Å². The van der Waals surface area contributed by atoms with Crippen molar-refractivity contribution in [3.63, 3.8) is 0 Å². The third-order valence-corrected chi connectivity index (χ3v) is 6.36. The normalized spacial score (nSPS) is 43.7. The van der Waals surface area contributed by atoms with Crippen LogP contribution in [0.15, 0.2) is 0 Å². The van der Waals surface area contributed by atoms with E-state index >= 15 is 0 Å². The molecule has 1 N–H and O–H groups in total. The molecule has 0 radical (unpaired) electrons. The summed E-state index contributed by atoms with van der Waals surface area (Å²) in [6.07, 6.45) is 10.6. The van der Waals surface area contributed by atoms with Gasteiger partial charge in [0.05, 0.1) is 0 Å². The van der Waals surface area contributed by atoms with E-state index in [0.717, 1.165) is 29.7 Å². The molecule has 0 amide bonds. The summed E-state index contributed by atoms with van der Waals surface area (Å²) < 4.78 is 0. The van der Waals surface area contributed by atoms with Crippen molar-refractivity contribution in [3.05, 3.63) is 0 Å². The molecule has 1 nitrogen and oxygen atoms in total. The van der Waals surface area contributed by atoms with Gasteiger partial charge in [-0.25, -0.2) is 0 Å². The van der Waals surface area contributed by atoms with Crippen LogP contribution in [0.5, 0.6) is 0 Å². The maximum absolute atomic E-state index is 3.97. The van der Waals surface area contributed by atoms with Crippen LogP contribution in [0.3, 0.4) is 0 Å². The molecule has 4 bridgehead atoms. The zero-order valence-corrected chi connectivity index (χ0v) is 13.4. The molecule has 4 rings (SSSR count). The zero-order valence-electron chi connectivity index (χ0n) is 13.4. The monoisotopic (exact) mass is 263 g/mol. The molecule has 0 heterocycles. The van der Waals surface area contributed by atoms with Crippen molar-refractivity contribution in [2.75, 3.05) is 0 Å². The molecule has 110 valence electrons. The summed E-state index contributed by atoms with van der Waals surface area (Å²) in [6, 6.07) is 1.41. The van der Waals surface area contributed by atoms with E-state index in [0.29, 0.717) is 11.5 Å². The largest absolute Gasteiger partial charge is 0.311 e. The smallest absolute Gasteiger partial charge is 0.00979 e. The zero-order chi connectivity index (χ0) is 13.6. The van der Waals surface area contributed by atoms with Gasteiger partial charge >= 0.3 is 0 Å². The van der Waals surface area contributed by atoms with Crippen LogP contribution in [0.25, 0.3) is 0 Å². The van der Waals surface area contributed by atoms with Gasteiger partial charge in [0.1, 0.15) is 0 Å². The Hall–Kier alpha value is -0.0400. The lowest BCUT2D eigenvalue weighted by Gasteiger charge is -2.59. The van der Waals surface area contributed by atoms with E-state index in [1.54, 1.807) is 19.3 Å². The van der Waals surface area contributed by atoms with Crippen LogP contribution in [0, 0.1) is 29.1 Å². The fraction of sp³-hybridized carbons (Fsp3) is 1.00. The van der Waals surface area contributed by atoms with E-state index in [9.17, 15) is 0 Å². The minimum Gasteiger partial charge on any atom is -0.311 e. The maximum atomic E-state index is 3.97. The van der Waals surface area contributed by atoms with Gasteiger partial charge in [-0.1, -0.05) is 13.8 Å². The molecule has 0 saturated heterocycles.